The molecule has 0 saturated carbocycles. The minimum absolute atomic E-state index is 0.0729. The summed E-state index contributed by atoms with van der Waals surface area (Å²) in [4.78, 5) is 75.1. The van der Waals surface area contributed by atoms with E-state index in [0.717, 1.165) is 13.7 Å². The van der Waals surface area contributed by atoms with E-state index < -0.39 is 17.1 Å². The Morgan fingerprint density at radius 3 is 1.23 bits per heavy atom. The van der Waals surface area contributed by atoms with Crippen molar-refractivity contribution < 1.29 is 14.7 Å². The highest BCUT2D eigenvalue weighted by molar-refractivity contribution is 5.64. The van der Waals surface area contributed by atoms with Gasteiger partial charge in [0.05, 0.1) is 34.1 Å². The second-order valence-corrected chi connectivity index (χ2v) is 8.39. The van der Waals surface area contributed by atoms with Gasteiger partial charge < -0.3 is 5.11 Å². The Morgan fingerprint density at radius 1 is 0.600 bits per heavy atom. The van der Waals surface area contributed by atoms with E-state index in [9.17, 15) is 24.0 Å². The molecule has 0 saturated heterocycles. The molecule has 0 bridgehead atoms. The van der Waals surface area contributed by atoms with E-state index in [-0.39, 0.29) is 28.4 Å². The van der Waals surface area contributed by atoms with Crippen LogP contribution in [0.15, 0.2) is 90.2 Å². The summed E-state index contributed by atoms with van der Waals surface area (Å²) in [6.07, 6.45) is 3.50. The van der Waals surface area contributed by atoms with Crippen LogP contribution in [0.2, 0.25) is 0 Å². The largest absolute Gasteiger partial charge is 0.506 e. The number of aliphatic hydroxyl groups is 1. The summed E-state index contributed by atoms with van der Waals surface area (Å²) in [6, 6.07) is 13.6. The van der Waals surface area contributed by atoms with Gasteiger partial charge in [-0.2, -0.15) is 9.98 Å². The van der Waals surface area contributed by atoms with Crippen molar-refractivity contribution in [3.63, 3.8) is 0 Å². The maximum Gasteiger partial charge on any atom is 0.345 e. The van der Waals surface area contributed by atoms with Crippen LogP contribution in [-0.4, -0.2) is 36.8 Å². The summed E-state index contributed by atoms with van der Waals surface area (Å²) in [5, 5.41) is 8.98. The fourth-order valence-electron chi connectivity index (χ4n) is 4.29. The van der Waals surface area contributed by atoms with Crippen molar-refractivity contribution in [1.82, 2.24) is 13.7 Å². The minimum atomic E-state index is -1.01. The molecule has 0 unspecified atom stereocenters. The molecule has 0 aliphatic carbocycles. The third kappa shape index (κ3) is 4.60. The van der Waals surface area contributed by atoms with Crippen LogP contribution >= 0.6 is 0 Å². The Bertz CT molecular complexity index is 1910. The normalized spacial score (nSPS) is 10.2. The average Bonchev–Trinajstić information content (AvgIpc) is 2.93. The molecule has 12 nitrogen and oxygen atoms in total. The van der Waals surface area contributed by atoms with Crippen LogP contribution in [0.25, 0.3) is 17.1 Å². The first-order chi connectivity index (χ1) is 19.3. The summed E-state index contributed by atoms with van der Waals surface area (Å²) in [6.45, 7) is 4.72. The molecule has 0 aliphatic heterocycles. The number of aliphatic imine (C=N–C) groups is 3. The fraction of sp³-hybridized carbons (Fsp3) is 0.107. The predicted molar refractivity (Wildman–Crippen MR) is 147 cm³/mol. The molecule has 0 fully saturated rings. The number of nitrogens with zero attached hydrogens (tertiary/aromatic N) is 6. The Morgan fingerprint density at radius 2 is 0.925 bits per heavy atom. The minimum Gasteiger partial charge on any atom is -0.506 e. The van der Waals surface area contributed by atoms with Crippen LogP contribution in [0.3, 0.4) is 0 Å². The van der Waals surface area contributed by atoms with Crippen LogP contribution in [0.4, 0.5) is 17.1 Å². The van der Waals surface area contributed by atoms with E-state index in [0.29, 0.717) is 28.6 Å². The van der Waals surface area contributed by atoms with Crippen molar-refractivity contribution in [2.45, 2.75) is 20.8 Å². The SMILES string of the molecule is Cc1c(N=C=O)cccc1-n1c(=O)n(-c2cccc(N=C=O)c2C)c(=O)n(-c2cccc(N=C=CO)c2C)c1=O. The highest BCUT2D eigenvalue weighted by Crippen LogP contribution is 2.26. The van der Waals surface area contributed by atoms with Gasteiger partial charge in [0.25, 0.3) is 0 Å². The molecule has 0 aliphatic rings. The van der Waals surface area contributed by atoms with E-state index in [1.807, 2.05) is 0 Å². The zero-order valence-corrected chi connectivity index (χ0v) is 21.4. The van der Waals surface area contributed by atoms with Crippen LogP contribution in [0, 0.1) is 20.8 Å². The molecule has 0 atom stereocenters. The molecule has 1 N–H and O–H groups in total. The van der Waals surface area contributed by atoms with Crippen LogP contribution in [0.5, 0.6) is 0 Å². The van der Waals surface area contributed by atoms with Crippen molar-refractivity contribution in [2.75, 3.05) is 0 Å². The topological polar surface area (TPSA) is 157 Å². The Hall–Kier alpha value is -5.92. The van der Waals surface area contributed by atoms with Crippen molar-refractivity contribution in [3.8, 4) is 17.1 Å². The molecule has 0 amide bonds. The van der Waals surface area contributed by atoms with E-state index >= 15 is 0 Å². The quantitative estimate of drug-likeness (QED) is 0.226. The number of aliphatic hydroxyl groups excluding tert-OH is 1. The summed E-state index contributed by atoms with van der Waals surface area (Å²) in [5.41, 5.74) is -1.11. The first-order valence-corrected chi connectivity index (χ1v) is 11.7. The number of rotatable bonds is 6. The Labute approximate surface area is 225 Å². The monoisotopic (exact) mass is 536 g/mol. The van der Waals surface area contributed by atoms with Gasteiger partial charge in [-0.15, -0.1) is 0 Å². The second kappa shape index (κ2) is 11.2. The first kappa shape index (κ1) is 27.1. The van der Waals surface area contributed by atoms with Gasteiger partial charge in [-0.1, -0.05) is 18.2 Å². The van der Waals surface area contributed by atoms with Crippen molar-refractivity contribution >= 4 is 35.1 Å². The maximum absolute atomic E-state index is 14.0. The Kier molecular flexibility index (Phi) is 7.61. The van der Waals surface area contributed by atoms with Gasteiger partial charge in [-0.05, 0) is 73.9 Å². The lowest BCUT2D eigenvalue weighted by Gasteiger charge is -2.18. The molecule has 0 spiro atoms. The lowest BCUT2D eigenvalue weighted by Crippen LogP contribution is -2.53. The molecule has 3 aromatic carbocycles. The summed E-state index contributed by atoms with van der Waals surface area (Å²) >= 11 is 0. The average molecular weight is 537 g/mol. The van der Waals surface area contributed by atoms with Gasteiger partial charge in [0.15, 0.2) is 0 Å². The maximum atomic E-state index is 14.0. The van der Waals surface area contributed by atoms with Crippen molar-refractivity contribution in [3.05, 3.63) is 109 Å². The number of isocyanates is 2. The lowest BCUT2D eigenvalue weighted by molar-refractivity contribution is 0.481. The van der Waals surface area contributed by atoms with Crippen LogP contribution in [-0.2, 0) is 9.59 Å². The molecule has 1 heterocycles. The smallest absolute Gasteiger partial charge is 0.345 e. The molecule has 4 rings (SSSR count). The third-order valence-corrected chi connectivity index (χ3v) is 6.28. The molecule has 40 heavy (non-hydrogen) atoms. The number of aromatic nitrogens is 3. The molecular formula is C28H20N6O6. The molecular weight excluding hydrogens is 516 g/mol. The van der Waals surface area contributed by atoms with Gasteiger partial charge in [0, 0.05) is 5.87 Å². The zero-order valence-electron chi connectivity index (χ0n) is 21.4. The second-order valence-electron chi connectivity index (χ2n) is 8.39. The molecule has 0 radical (unpaired) electrons. The number of hydrogen-bond acceptors (Lipinski definition) is 9. The van der Waals surface area contributed by atoms with E-state index in [1.165, 1.54) is 54.6 Å². The predicted octanol–water partition coefficient (Wildman–Crippen LogP) is 3.37. The van der Waals surface area contributed by atoms with Gasteiger partial charge in [-0.25, -0.2) is 42.7 Å². The molecule has 4 aromatic rings. The number of hydrogen-bond donors (Lipinski definition) is 1. The highest BCUT2D eigenvalue weighted by Gasteiger charge is 2.23. The summed E-state index contributed by atoms with van der Waals surface area (Å²) in [5.74, 6) is 2.29. The third-order valence-electron chi connectivity index (χ3n) is 6.28. The summed E-state index contributed by atoms with van der Waals surface area (Å²) < 4.78 is 2.39. The van der Waals surface area contributed by atoms with E-state index in [2.05, 4.69) is 20.8 Å². The van der Waals surface area contributed by atoms with Crippen LogP contribution < -0.4 is 17.1 Å². The Balaban J connectivity index is 2.25. The zero-order chi connectivity index (χ0) is 29.0. The fourth-order valence-corrected chi connectivity index (χ4v) is 4.29. The van der Waals surface area contributed by atoms with E-state index in [4.69, 9.17) is 5.11 Å². The molecule has 1 aromatic heterocycles. The highest BCUT2D eigenvalue weighted by atomic mass is 16.2. The lowest BCUT2D eigenvalue weighted by atomic mass is 10.1. The number of carbonyl (C=O) groups excluding carboxylic acids is 2. The van der Waals surface area contributed by atoms with E-state index in [1.54, 1.807) is 32.9 Å². The number of benzene rings is 3. The van der Waals surface area contributed by atoms with Crippen molar-refractivity contribution in [1.29, 1.82) is 0 Å². The summed E-state index contributed by atoms with van der Waals surface area (Å²) in [7, 11) is 0. The van der Waals surface area contributed by atoms with Crippen molar-refractivity contribution in [2.24, 2.45) is 15.0 Å². The standard InChI is InChI=1S/C28H20N6O6/c1-17-20(29-13-14-35)7-4-10-23(17)32-26(38)33(24-11-5-8-21(18(24)2)30-15-36)28(40)34(27(32)39)25-12-6-9-22(19(25)3)31-16-37/h4-12,14,35H,1-3H3. The first-order valence-electron chi connectivity index (χ1n) is 11.7. The van der Waals surface area contributed by atoms with Gasteiger partial charge in [-0.3, -0.25) is 0 Å². The molecule has 198 valence electrons. The van der Waals surface area contributed by atoms with Gasteiger partial charge in [0.2, 0.25) is 12.2 Å². The van der Waals surface area contributed by atoms with Gasteiger partial charge in [0.1, 0.15) is 6.26 Å². The van der Waals surface area contributed by atoms with Gasteiger partial charge >= 0.3 is 17.1 Å². The van der Waals surface area contributed by atoms with Crippen LogP contribution in [0.1, 0.15) is 16.7 Å². The molecule has 12 heteroatoms.